The first-order valence-corrected chi connectivity index (χ1v) is 7.25. The molecule has 1 atom stereocenters. The lowest BCUT2D eigenvalue weighted by Crippen LogP contribution is -2.35. The van der Waals surface area contributed by atoms with Crippen LogP contribution in [0.15, 0.2) is 24.3 Å². The normalized spacial score (nSPS) is 11.9. The summed E-state index contributed by atoms with van der Waals surface area (Å²) in [6.07, 6.45) is 2.59. The van der Waals surface area contributed by atoms with Crippen molar-refractivity contribution in [3.63, 3.8) is 0 Å². The highest BCUT2D eigenvalue weighted by Gasteiger charge is 2.09. The molecule has 1 unspecified atom stereocenters. The average Bonchev–Trinajstić information content (AvgIpc) is 2.43. The molecular weight excluding hydrogens is 254 g/mol. The summed E-state index contributed by atoms with van der Waals surface area (Å²) in [5, 5.41) is 11.8. The number of aryl methyl sites for hydroxylation is 1. The summed E-state index contributed by atoms with van der Waals surface area (Å²) in [6, 6.07) is 7.95. The van der Waals surface area contributed by atoms with E-state index in [4.69, 9.17) is 9.84 Å². The van der Waals surface area contributed by atoms with Crippen LogP contribution in [0.25, 0.3) is 0 Å². The third kappa shape index (κ3) is 6.57. The van der Waals surface area contributed by atoms with Crippen molar-refractivity contribution in [2.75, 3.05) is 13.2 Å². The van der Waals surface area contributed by atoms with Crippen LogP contribution in [0.1, 0.15) is 38.2 Å². The predicted molar refractivity (Wildman–Crippen MR) is 79.8 cm³/mol. The standard InChI is InChI=1S/C16H25NO3/c1-3-14(9-10-18)17-16(19)8-5-11-20-15-7-4-6-13(2)12-15/h4,6-7,12,14,18H,3,5,8-11H2,1-2H3,(H,17,19). The van der Waals surface area contributed by atoms with E-state index in [2.05, 4.69) is 5.32 Å². The number of amides is 1. The molecular formula is C16H25NO3. The van der Waals surface area contributed by atoms with Crippen LogP contribution in [0.3, 0.4) is 0 Å². The Morgan fingerprint density at radius 2 is 2.25 bits per heavy atom. The lowest BCUT2D eigenvalue weighted by atomic mass is 10.1. The van der Waals surface area contributed by atoms with Crippen LogP contribution in [-0.4, -0.2) is 30.3 Å². The number of aliphatic hydroxyl groups is 1. The van der Waals surface area contributed by atoms with Crippen molar-refractivity contribution in [2.24, 2.45) is 0 Å². The molecule has 0 aliphatic carbocycles. The molecule has 112 valence electrons. The van der Waals surface area contributed by atoms with Gasteiger partial charge in [0.1, 0.15) is 5.75 Å². The van der Waals surface area contributed by atoms with Crippen LogP contribution in [-0.2, 0) is 4.79 Å². The molecule has 1 aromatic carbocycles. The summed E-state index contributed by atoms with van der Waals surface area (Å²) < 4.78 is 5.60. The number of hydrogen-bond donors (Lipinski definition) is 2. The fourth-order valence-electron chi connectivity index (χ4n) is 1.96. The monoisotopic (exact) mass is 279 g/mol. The Bertz CT molecular complexity index is 406. The molecule has 1 rings (SSSR count). The Hall–Kier alpha value is -1.55. The topological polar surface area (TPSA) is 58.6 Å². The van der Waals surface area contributed by atoms with Gasteiger partial charge in [-0.1, -0.05) is 19.1 Å². The Morgan fingerprint density at radius 1 is 1.45 bits per heavy atom. The first-order valence-electron chi connectivity index (χ1n) is 7.25. The van der Waals surface area contributed by atoms with Gasteiger partial charge in [0.05, 0.1) is 6.61 Å². The summed E-state index contributed by atoms with van der Waals surface area (Å²) >= 11 is 0. The minimum absolute atomic E-state index is 0.0261. The highest BCUT2D eigenvalue weighted by atomic mass is 16.5. The molecule has 1 aromatic rings. The smallest absolute Gasteiger partial charge is 0.220 e. The number of hydrogen-bond acceptors (Lipinski definition) is 3. The van der Waals surface area contributed by atoms with Gasteiger partial charge in [-0.05, 0) is 43.9 Å². The summed E-state index contributed by atoms with van der Waals surface area (Å²) in [5.74, 6) is 0.871. The number of rotatable bonds is 9. The van der Waals surface area contributed by atoms with E-state index in [1.165, 1.54) is 0 Å². The van der Waals surface area contributed by atoms with Gasteiger partial charge in [0.25, 0.3) is 0 Å². The van der Waals surface area contributed by atoms with Crippen molar-refractivity contribution in [3.05, 3.63) is 29.8 Å². The number of carbonyl (C=O) groups excluding carboxylic acids is 1. The van der Waals surface area contributed by atoms with E-state index in [9.17, 15) is 4.79 Å². The molecule has 0 aromatic heterocycles. The quantitative estimate of drug-likeness (QED) is 0.683. The Morgan fingerprint density at radius 3 is 2.90 bits per heavy atom. The van der Waals surface area contributed by atoms with Gasteiger partial charge < -0.3 is 15.2 Å². The third-order valence-corrected chi connectivity index (χ3v) is 3.14. The summed E-state index contributed by atoms with van der Waals surface area (Å²) in [6.45, 7) is 4.66. The highest BCUT2D eigenvalue weighted by molar-refractivity contribution is 5.76. The molecule has 20 heavy (non-hydrogen) atoms. The van der Waals surface area contributed by atoms with Crippen LogP contribution < -0.4 is 10.1 Å². The van der Waals surface area contributed by atoms with Gasteiger partial charge in [0, 0.05) is 19.1 Å². The molecule has 4 nitrogen and oxygen atoms in total. The molecule has 0 saturated carbocycles. The first-order chi connectivity index (χ1) is 9.65. The van der Waals surface area contributed by atoms with Crippen LogP contribution in [0, 0.1) is 6.92 Å². The molecule has 0 bridgehead atoms. The Balaban J connectivity index is 2.18. The molecule has 0 fully saturated rings. The van der Waals surface area contributed by atoms with Crippen molar-refractivity contribution in [1.29, 1.82) is 0 Å². The first kappa shape index (κ1) is 16.5. The minimum Gasteiger partial charge on any atom is -0.494 e. The van der Waals surface area contributed by atoms with E-state index in [0.29, 0.717) is 25.9 Å². The Kier molecular flexibility index (Phi) is 7.73. The van der Waals surface area contributed by atoms with Gasteiger partial charge in [0.2, 0.25) is 5.91 Å². The molecule has 4 heteroatoms. The number of aliphatic hydroxyl groups excluding tert-OH is 1. The zero-order chi connectivity index (χ0) is 14.8. The zero-order valence-corrected chi connectivity index (χ0v) is 12.4. The van der Waals surface area contributed by atoms with Crippen molar-refractivity contribution >= 4 is 5.91 Å². The van der Waals surface area contributed by atoms with Crippen molar-refractivity contribution < 1.29 is 14.6 Å². The minimum atomic E-state index is 0.0261. The zero-order valence-electron chi connectivity index (χ0n) is 12.4. The molecule has 0 heterocycles. The predicted octanol–water partition coefficient (Wildman–Crippen LogP) is 2.43. The number of carbonyl (C=O) groups is 1. The summed E-state index contributed by atoms with van der Waals surface area (Å²) in [7, 11) is 0. The number of benzene rings is 1. The van der Waals surface area contributed by atoms with E-state index in [-0.39, 0.29) is 18.6 Å². The highest BCUT2D eigenvalue weighted by Crippen LogP contribution is 2.12. The van der Waals surface area contributed by atoms with Gasteiger partial charge in [-0.15, -0.1) is 0 Å². The van der Waals surface area contributed by atoms with Gasteiger partial charge in [0.15, 0.2) is 0 Å². The molecule has 0 spiro atoms. The second-order valence-corrected chi connectivity index (χ2v) is 4.95. The molecule has 0 radical (unpaired) electrons. The van der Waals surface area contributed by atoms with E-state index in [1.807, 2.05) is 38.1 Å². The van der Waals surface area contributed by atoms with Crippen molar-refractivity contribution in [2.45, 2.75) is 45.6 Å². The fourth-order valence-corrected chi connectivity index (χ4v) is 1.96. The van der Waals surface area contributed by atoms with E-state index < -0.39 is 0 Å². The second-order valence-electron chi connectivity index (χ2n) is 4.95. The molecule has 2 N–H and O–H groups in total. The van der Waals surface area contributed by atoms with Crippen molar-refractivity contribution in [1.82, 2.24) is 5.32 Å². The maximum absolute atomic E-state index is 11.7. The van der Waals surface area contributed by atoms with Crippen LogP contribution >= 0.6 is 0 Å². The summed E-state index contributed by atoms with van der Waals surface area (Å²) in [5.41, 5.74) is 1.16. The van der Waals surface area contributed by atoms with E-state index in [1.54, 1.807) is 0 Å². The third-order valence-electron chi connectivity index (χ3n) is 3.14. The summed E-state index contributed by atoms with van der Waals surface area (Å²) in [4.78, 5) is 11.7. The second kappa shape index (κ2) is 9.37. The van der Waals surface area contributed by atoms with E-state index >= 15 is 0 Å². The number of nitrogens with one attached hydrogen (secondary N) is 1. The maximum atomic E-state index is 11.7. The fraction of sp³-hybridized carbons (Fsp3) is 0.562. The van der Waals surface area contributed by atoms with Crippen LogP contribution in [0.5, 0.6) is 5.75 Å². The lowest BCUT2D eigenvalue weighted by molar-refractivity contribution is -0.122. The van der Waals surface area contributed by atoms with Crippen molar-refractivity contribution in [3.8, 4) is 5.75 Å². The number of ether oxygens (including phenoxy) is 1. The average molecular weight is 279 g/mol. The van der Waals surface area contributed by atoms with E-state index in [0.717, 1.165) is 17.7 Å². The van der Waals surface area contributed by atoms with Gasteiger partial charge in [-0.3, -0.25) is 4.79 Å². The van der Waals surface area contributed by atoms with Gasteiger partial charge in [-0.25, -0.2) is 0 Å². The largest absolute Gasteiger partial charge is 0.494 e. The SMILES string of the molecule is CCC(CCO)NC(=O)CCCOc1cccc(C)c1. The molecule has 0 aliphatic heterocycles. The lowest BCUT2D eigenvalue weighted by Gasteiger charge is -2.15. The molecule has 0 saturated heterocycles. The maximum Gasteiger partial charge on any atom is 0.220 e. The van der Waals surface area contributed by atoms with Gasteiger partial charge in [-0.2, -0.15) is 0 Å². The molecule has 0 aliphatic rings. The molecule has 1 amide bonds. The van der Waals surface area contributed by atoms with Crippen LogP contribution in [0.2, 0.25) is 0 Å². The van der Waals surface area contributed by atoms with Gasteiger partial charge >= 0.3 is 0 Å². The van der Waals surface area contributed by atoms with Crippen LogP contribution in [0.4, 0.5) is 0 Å². The Labute approximate surface area is 121 Å².